The smallest absolute Gasteiger partial charge is 0.255 e. The lowest BCUT2D eigenvalue weighted by atomic mass is 10.1. The number of aromatic nitrogens is 1. The van der Waals surface area contributed by atoms with Gasteiger partial charge >= 0.3 is 0 Å². The van der Waals surface area contributed by atoms with Crippen LogP contribution >= 0.6 is 23.7 Å². The molecule has 1 amide bonds. The Kier molecular flexibility index (Phi) is 6.68. The SMILES string of the molecule is Cl.NC[C@H]1CC[C@@H](C(=O)Nc2ncc(Cc3cccc(F)c3)s2)O1. The predicted molar refractivity (Wildman–Crippen MR) is 94.1 cm³/mol. The normalized spacial score (nSPS) is 19.8. The number of nitrogens with two attached hydrogens (primary N) is 1. The minimum Gasteiger partial charge on any atom is -0.364 e. The molecular weight excluding hydrogens is 353 g/mol. The van der Waals surface area contributed by atoms with Gasteiger partial charge in [0, 0.05) is 24.0 Å². The molecule has 5 nitrogen and oxygen atoms in total. The largest absolute Gasteiger partial charge is 0.364 e. The van der Waals surface area contributed by atoms with Gasteiger partial charge in [-0.05, 0) is 30.5 Å². The summed E-state index contributed by atoms with van der Waals surface area (Å²) in [5.41, 5.74) is 6.41. The summed E-state index contributed by atoms with van der Waals surface area (Å²) in [4.78, 5) is 17.3. The van der Waals surface area contributed by atoms with Gasteiger partial charge in [-0.15, -0.1) is 23.7 Å². The fourth-order valence-electron chi connectivity index (χ4n) is 2.55. The van der Waals surface area contributed by atoms with Crippen LogP contribution in [0.15, 0.2) is 30.5 Å². The third kappa shape index (κ3) is 4.73. The summed E-state index contributed by atoms with van der Waals surface area (Å²) in [6.45, 7) is 0.429. The Hall–Kier alpha value is -1.54. The molecule has 130 valence electrons. The molecule has 1 fully saturated rings. The first-order valence-corrected chi connectivity index (χ1v) is 8.31. The first-order chi connectivity index (χ1) is 11.1. The van der Waals surface area contributed by atoms with Gasteiger partial charge in [0.25, 0.3) is 5.91 Å². The van der Waals surface area contributed by atoms with Crippen LogP contribution in [0.1, 0.15) is 23.3 Å². The summed E-state index contributed by atoms with van der Waals surface area (Å²) in [5.74, 6) is -0.444. The van der Waals surface area contributed by atoms with Crippen LogP contribution in [-0.2, 0) is 16.0 Å². The number of halogens is 2. The zero-order valence-electron chi connectivity index (χ0n) is 12.9. The van der Waals surface area contributed by atoms with Crippen LogP contribution in [0.4, 0.5) is 9.52 Å². The molecule has 2 heterocycles. The van der Waals surface area contributed by atoms with Crippen LogP contribution in [0.2, 0.25) is 0 Å². The number of hydrogen-bond donors (Lipinski definition) is 2. The van der Waals surface area contributed by atoms with Gasteiger partial charge in [-0.3, -0.25) is 10.1 Å². The van der Waals surface area contributed by atoms with Gasteiger partial charge < -0.3 is 10.5 Å². The Morgan fingerprint density at radius 3 is 3.00 bits per heavy atom. The monoisotopic (exact) mass is 371 g/mol. The van der Waals surface area contributed by atoms with Crippen LogP contribution < -0.4 is 11.1 Å². The summed E-state index contributed by atoms with van der Waals surface area (Å²) in [5, 5.41) is 3.30. The maximum absolute atomic E-state index is 13.2. The number of ether oxygens (including phenoxy) is 1. The number of rotatable bonds is 5. The highest BCUT2D eigenvalue weighted by Crippen LogP contribution is 2.24. The Morgan fingerprint density at radius 1 is 1.46 bits per heavy atom. The minimum absolute atomic E-state index is 0. The number of thiazole rings is 1. The molecule has 1 aliphatic rings. The molecule has 1 aromatic carbocycles. The van der Waals surface area contributed by atoms with E-state index in [2.05, 4.69) is 10.3 Å². The number of benzene rings is 1. The minimum atomic E-state index is -0.459. The molecule has 1 aromatic heterocycles. The van der Waals surface area contributed by atoms with E-state index >= 15 is 0 Å². The van der Waals surface area contributed by atoms with E-state index in [0.29, 0.717) is 24.5 Å². The average Bonchev–Trinajstić information content (AvgIpc) is 3.16. The molecular formula is C16H19ClFN3O2S. The zero-order valence-corrected chi connectivity index (χ0v) is 14.5. The molecule has 8 heteroatoms. The lowest BCUT2D eigenvalue weighted by molar-refractivity contribution is -0.126. The van der Waals surface area contributed by atoms with Gasteiger partial charge in [-0.2, -0.15) is 0 Å². The maximum atomic E-state index is 13.2. The molecule has 0 unspecified atom stereocenters. The van der Waals surface area contributed by atoms with E-state index in [1.165, 1.54) is 23.5 Å². The number of carbonyl (C=O) groups excluding carboxylic acids is 1. The standard InChI is InChI=1S/C16H18FN3O2S.ClH/c17-11-3-1-2-10(6-11)7-13-9-19-16(23-13)20-15(21)14-5-4-12(8-18)22-14;/h1-3,6,9,12,14H,4-5,7-8,18H2,(H,19,20,21);1H/t12-,14+;/m1./s1. The van der Waals surface area contributed by atoms with E-state index in [4.69, 9.17) is 10.5 Å². The topological polar surface area (TPSA) is 77.2 Å². The fraction of sp³-hybridized carbons (Fsp3) is 0.375. The average molecular weight is 372 g/mol. The van der Waals surface area contributed by atoms with Crippen molar-refractivity contribution in [2.24, 2.45) is 5.73 Å². The summed E-state index contributed by atoms with van der Waals surface area (Å²) in [7, 11) is 0. The number of carbonyl (C=O) groups is 1. The molecule has 0 saturated carbocycles. The maximum Gasteiger partial charge on any atom is 0.255 e. The molecule has 2 atom stereocenters. The Morgan fingerprint density at radius 2 is 2.29 bits per heavy atom. The third-order valence-corrected chi connectivity index (χ3v) is 4.63. The quantitative estimate of drug-likeness (QED) is 0.847. The van der Waals surface area contributed by atoms with Crippen molar-refractivity contribution < 1.29 is 13.9 Å². The van der Waals surface area contributed by atoms with Gasteiger partial charge in [0.05, 0.1) is 6.10 Å². The van der Waals surface area contributed by atoms with E-state index in [1.54, 1.807) is 12.3 Å². The van der Waals surface area contributed by atoms with Crippen molar-refractivity contribution in [1.29, 1.82) is 0 Å². The van der Waals surface area contributed by atoms with E-state index in [0.717, 1.165) is 16.9 Å². The Labute approximate surface area is 149 Å². The van der Waals surface area contributed by atoms with Gasteiger partial charge in [0.15, 0.2) is 5.13 Å². The van der Waals surface area contributed by atoms with Crippen molar-refractivity contribution in [3.05, 3.63) is 46.7 Å². The highest BCUT2D eigenvalue weighted by atomic mass is 35.5. The first kappa shape index (κ1) is 18.8. The van der Waals surface area contributed by atoms with Crippen molar-refractivity contribution in [1.82, 2.24) is 4.98 Å². The zero-order chi connectivity index (χ0) is 16.2. The number of anilines is 1. The third-order valence-electron chi connectivity index (χ3n) is 3.71. The number of nitrogens with zero attached hydrogens (tertiary/aromatic N) is 1. The summed E-state index contributed by atoms with van der Waals surface area (Å²) in [6.07, 6.45) is 3.26. The molecule has 2 aromatic rings. The van der Waals surface area contributed by atoms with Crippen molar-refractivity contribution in [3.63, 3.8) is 0 Å². The molecule has 1 saturated heterocycles. The molecule has 3 rings (SSSR count). The predicted octanol–water partition coefficient (Wildman–Crippen LogP) is 2.74. The Balaban J connectivity index is 0.00000208. The summed E-state index contributed by atoms with van der Waals surface area (Å²) in [6, 6.07) is 6.45. The first-order valence-electron chi connectivity index (χ1n) is 7.49. The van der Waals surface area contributed by atoms with Gasteiger partial charge in [0.2, 0.25) is 0 Å². The molecule has 0 aliphatic carbocycles. The molecule has 0 bridgehead atoms. The van der Waals surface area contributed by atoms with Crippen molar-refractivity contribution in [2.75, 3.05) is 11.9 Å². The fourth-order valence-corrected chi connectivity index (χ4v) is 3.40. The second kappa shape index (κ2) is 8.53. The molecule has 0 spiro atoms. The lowest BCUT2D eigenvalue weighted by Gasteiger charge is -2.11. The highest BCUT2D eigenvalue weighted by molar-refractivity contribution is 7.15. The molecule has 24 heavy (non-hydrogen) atoms. The van der Waals surface area contributed by atoms with E-state index in [-0.39, 0.29) is 30.2 Å². The number of hydrogen-bond acceptors (Lipinski definition) is 5. The van der Waals surface area contributed by atoms with Crippen molar-refractivity contribution >= 4 is 34.8 Å². The lowest BCUT2D eigenvalue weighted by Crippen LogP contribution is -2.29. The highest BCUT2D eigenvalue weighted by Gasteiger charge is 2.30. The van der Waals surface area contributed by atoms with Crippen molar-refractivity contribution in [2.45, 2.75) is 31.5 Å². The van der Waals surface area contributed by atoms with Gasteiger partial charge in [0.1, 0.15) is 11.9 Å². The van der Waals surface area contributed by atoms with Crippen LogP contribution in [0.25, 0.3) is 0 Å². The second-order valence-electron chi connectivity index (χ2n) is 5.49. The molecule has 0 radical (unpaired) electrons. The number of nitrogens with one attached hydrogen (secondary N) is 1. The van der Waals surface area contributed by atoms with Crippen LogP contribution in [-0.4, -0.2) is 29.6 Å². The van der Waals surface area contributed by atoms with E-state index in [1.807, 2.05) is 6.07 Å². The summed E-state index contributed by atoms with van der Waals surface area (Å²) >= 11 is 1.38. The molecule has 3 N–H and O–H groups in total. The van der Waals surface area contributed by atoms with Crippen LogP contribution in [0.3, 0.4) is 0 Å². The summed E-state index contributed by atoms with van der Waals surface area (Å²) < 4.78 is 18.7. The van der Waals surface area contributed by atoms with Gasteiger partial charge in [-0.25, -0.2) is 9.37 Å². The Bertz CT molecular complexity index is 697. The van der Waals surface area contributed by atoms with Crippen LogP contribution in [0, 0.1) is 5.82 Å². The van der Waals surface area contributed by atoms with Crippen LogP contribution in [0.5, 0.6) is 0 Å². The van der Waals surface area contributed by atoms with E-state index < -0.39 is 6.10 Å². The van der Waals surface area contributed by atoms with Crippen molar-refractivity contribution in [3.8, 4) is 0 Å². The second-order valence-corrected chi connectivity index (χ2v) is 6.60. The van der Waals surface area contributed by atoms with Gasteiger partial charge in [-0.1, -0.05) is 12.1 Å². The van der Waals surface area contributed by atoms with E-state index in [9.17, 15) is 9.18 Å². The molecule has 1 aliphatic heterocycles. The number of amides is 1.